The van der Waals surface area contributed by atoms with Crippen molar-refractivity contribution in [2.45, 2.75) is 13.8 Å². The van der Waals surface area contributed by atoms with E-state index in [1.165, 1.54) is 6.92 Å². The molecule has 0 aliphatic rings. The van der Waals surface area contributed by atoms with Crippen LogP contribution in [0.25, 0.3) is 11.4 Å². The Bertz CT molecular complexity index is 906. The van der Waals surface area contributed by atoms with Gasteiger partial charge in [0.15, 0.2) is 5.82 Å². The molecule has 3 rings (SSSR count). The van der Waals surface area contributed by atoms with E-state index in [1.54, 1.807) is 13.3 Å². The Morgan fingerprint density at radius 2 is 1.65 bits per heavy atom. The van der Waals surface area contributed by atoms with Crippen molar-refractivity contribution in [3.05, 3.63) is 60.3 Å². The zero-order chi connectivity index (χ0) is 18.5. The Morgan fingerprint density at radius 3 is 2.27 bits per heavy atom. The van der Waals surface area contributed by atoms with Gasteiger partial charge in [0.05, 0.1) is 7.11 Å². The van der Waals surface area contributed by atoms with Gasteiger partial charge in [-0.2, -0.15) is 0 Å². The van der Waals surface area contributed by atoms with E-state index in [-0.39, 0.29) is 5.91 Å². The third-order valence-corrected chi connectivity index (χ3v) is 3.79. The molecule has 0 saturated carbocycles. The molecule has 0 spiro atoms. The minimum atomic E-state index is -0.0958. The summed E-state index contributed by atoms with van der Waals surface area (Å²) in [5.74, 6) is 2.06. The minimum Gasteiger partial charge on any atom is -0.497 e. The molecule has 132 valence electrons. The van der Waals surface area contributed by atoms with Crippen LogP contribution in [0.2, 0.25) is 0 Å². The Hall–Kier alpha value is -3.41. The normalized spacial score (nSPS) is 10.3. The standard InChI is InChI=1S/C20H20N4O2/c1-13-12-21-20(15-4-10-18(26-3)11-5-15)24-19(13)23-17-8-6-16(7-9-17)22-14(2)25/h4-12H,1-3H3,(H,22,25)(H,21,23,24). The van der Waals surface area contributed by atoms with Gasteiger partial charge in [-0.15, -0.1) is 0 Å². The molecule has 0 unspecified atom stereocenters. The average molecular weight is 348 g/mol. The zero-order valence-electron chi connectivity index (χ0n) is 14.9. The largest absolute Gasteiger partial charge is 0.497 e. The van der Waals surface area contributed by atoms with Crippen molar-refractivity contribution in [1.29, 1.82) is 0 Å². The number of aromatic nitrogens is 2. The van der Waals surface area contributed by atoms with Crippen molar-refractivity contribution in [1.82, 2.24) is 9.97 Å². The van der Waals surface area contributed by atoms with Crippen molar-refractivity contribution in [3.8, 4) is 17.1 Å². The molecule has 0 aliphatic heterocycles. The van der Waals surface area contributed by atoms with Crippen LogP contribution in [-0.2, 0) is 4.79 Å². The highest BCUT2D eigenvalue weighted by atomic mass is 16.5. The molecular formula is C20H20N4O2. The zero-order valence-corrected chi connectivity index (χ0v) is 14.9. The summed E-state index contributed by atoms with van der Waals surface area (Å²) >= 11 is 0. The Morgan fingerprint density at radius 1 is 1.00 bits per heavy atom. The smallest absolute Gasteiger partial charge is 0.221 e. The van der Waals surface area contributed by atoms with Gasteiger partial charge in [0, 0.05) is 35.6 Å². The number of nitrogens with one attached hydrogen (secondary N) is 2. The third kappa shape index (κ3) is 4.16. The number of amides is 1. The van der Waals surface area contributed by atoms with Crippen LogP contribution in [0, 0.1) is 6.92 Å². The lowest BCUT2D eigenvalue weighted by Crippen LogP contribution is -2.05. The van der Waals surface area contributed by atoms with Gasteiger partial charge in [-0.25, -0.2) is 9.97 Å². The van der Waals surface area contributed by atoms with Gasteiger partial charge in [0.1, 0.15) is 11.6 Å². The van der Waals surface area contributed by atoms with Gasteiger partial charge in [-0.3, -0.25) is 4.79 Å². The maximum Gasteiger partial charge on any atom is 0.221 e. The highest BCUT2D eigenvalue weighted by Gasteiger charge is 2.07. The van der Waals surface area contributed by atoms with E-state index in [0.717, 1.165) is 34.1 Å². The monoisotopic (exact) mass is 348 g/mol. The summed E-state index contributed by atoms with van der Waals surface area (Å²) in [6.45, 7) is 3.43. The maximum absolute atomic E-state index is 11.1. The molecule has 0 radical (unpaired) electrons. The first kappa shape index (κ1) is 17.4. The highest BCUT2D eigenvalue weighted by Crippen LogP contribution is 2.24. The predicted octanol–water partition coefficient (Wildman–Crippen LogP) is 4.16. The van der Waals surface area contributed by atoms with E-state index in [1.807, 2.05) is 55.5 Å². The highest BCUT2D eigenvalue weighted by molar-refractivity contribution is 5.88. The van der Waals surface area contributed by atoms with Gasteiger partial charge >= 0.3 is 0 Å². The fraction of sp³-hybridized carbons (Fsp3) is 0.150. The van der Waals surface area contributed by atoms with Crippen molar-refractivity contribution in [3.63, 3.8) is 0 Å². The van der Waals surface area contributed by atoms with E-state index in [9.17, 15) is 4.79 Å². The van der Waals surface area contributed by atoms with Crippen molar-refractivity contribution >= 4 is 23.1 Å². The SMILES string of the molecule is COc1ccc(-c2ncc(C)c(Nc3ccc(NC(C)=O)cc3)n2)cc1. The van der Waals surface area contributed by atoms with Crippen molar-refractivity contribution in [2.75, 3.05) is 17.7 Å². The van der Waals surface area contributed by atoms with Gasteiger partial charge in [-0.05, 0) is 55.5 Å². The summed E-state index contributed by atoms with van der Waals surface area (Å²) in [5, 5.41) is 6.04. The molecule has 0 fully saturated rings. The molecule has 0 atom stereocenters. The summed E-state index contributed by atoms with van der Waals surface area (Å²) in [5.41, 5.74) is 3.48. The number of nitrogens with zero attached hydrogens (tertiary/aromatic N) is 2. The Balaban J connectivity index is 1.82. The fourth-order valence-corrected chi connectivity index (χ4v) is 2.42. The first-order valence-electron chi connectivity index (χ1n) is 8.18. The third-order valence-electron chi connectivity index (χ3n) is 3.79. The summed E-state index contributed by atoms with van der Waals surface area (Å²) in [6.07, 6.45) is 1.79. The number of methoxy groups -OCH3 is 1. The van der Waals surface area contributed by atoms with Gasteiger partial charge < -0.3 is 15.4 Å². The summed E-state index contributed by atoms with van der Waals surface area (Å²) < 4.78 is 5.18. The number of hydrogen-bond donors (Lipinski definition) is 2. The number of rotatable bonds is 5. The van der Waals surface area contributed by atoms with E-state index < -0.39 is 0 Å². The molecule has 1 heterocycles. The molecule has 1 aromatic heterocycles. The van der Waals surface area contributed by atoms with Crippen LogP contribution in [0.3, 0.4) is 0 Å². The number of benzene rings is 2. The molecule has 2 aromatic carbocycles. The number of aryl methyl sites for hydroxylation is 1. The number of carbonyl (C=O) groups is 1. The van der Waals surface area contributed by atoms with Gasteiger partial charge in [0.2, 0.25) is 5.91 Å². The molecule has 6 nitrogen and oxygen atoms in total. The Labute approximate surface area is 152 Å². The molecule has 1 amide bonds. The molecule has 26 heavy (non-hydrogen) atoms. The molecule has 6 heteroatoms. The first-order valence-corrected chi connectivity index (χ1v) is 8.18. The topological polar surface area (TPSA) is 76.1 Å². The lowest BCUT2D eigenvalue weighted by atomic mass is 10.2. The van der Waals surface area contributed by atoms with E-state index in [2.05, 4.69) is 20.6 Å². The lowest BCUT2D eigenvalue weighted by Gasteiger charge is -2.11. The number of hydrogen-bond acceptors (Lipinski definition) is 5. The van der Waals surface area contributed by atoms with Gasteiger partial charge in [0.25, 0.3) is 0 Å². The van der Waals surface area contributed by atoms with Crippen LogP contribution in [-0.4, -0.2) is 23.0 Å². The number of carbonyl (C=O) groups excluding carboxylic acids is 1. The average Bonchev–Trinajstić information content (AvgIpc) is 2.65. The van der Waals surface area contributed by atoms with Crippen molar-refractivity contribution < 1.29 is 9.53 Å². The van der Waals surface area contributed by atoms with Gasteiger partial charge in [-0.1, -0.05) is 0 Å². The molecule has 0 bridgehead atoms. The second-order valence-electron chi connectivity index (χ2n) is 5.84. The predicted molar refractivity (Wildman–Crippen MR) is 103 cm³/mol. The van der Waals surface area contributed by atoms with Crippen LogP contribution in [0.1, 0.15) is 12.5 Å². The van der Waals surface area contributed by atoms with E-state index in [0.29, 0.717) is 5.82 Å². The second kappa shape index (κ2) is 7.65. The molecular weight excluding hydrogens is 328 g/mol. The van der Waals surface area contributed by atoms with Crippen LogP contribution in [0.5, 0.6) is 5.75 Å². The number of anilines is 3. The first-order chi connectivity index (χ1) is 12.5. The quantitative estimate of drug-likeness (QED) is 0.724. The van der Waals surface area contributed by atoms with Crippen LogP contribution < -0.4 is 15.4 Å². The maximum atomic E-state index is 11.1. The van der Waals surface area contributed by atoms with Crippen LogP contribution in [0.4, 0.5) is 17.2 Å². The van der Waals surface area contributed by atoms with E-state index in [4.69, 9.17) is 4.74 Å². The fourth-order valence-electron chi connectivity index (χ4n) is 2.42. The minimum absolute atomic E-state index is 0.0958. The van der Waals surface area contributed by atoms with E-state index >= 15 is 0 Å². The summed E-state index contributed by atoms with van der Waals surface area (Å²) in [7, 11) is 1.64. The second-order valence-corrected chi connectivity index (χ2v) is 5.84. The molecule has 0 aliphatic carbocycles. The summed E-state index contributed by atoms with van der Waals surface area (Å²) in [4.78, 5) is 20.1. The van der Waals surface area contributed by atoms with Crippen LogP contribution >= 0.6 is 0 Å². The molecule has 0 saturated heterocycles. The Kier molecular flexibility index (Phi) is 5.12. The molecule has 3 aromatic rings. The molecule has 2 N–H and O–H groups in total. The summed E-state index contributed by atoms with van der Waals surface area (Å²) in [6, 6.07) is 15.1. The number of ether oxygens (including phenoxy) is 1. The lowest BCUT2D eigenvalue weighted by molar-refractivity contribution is -0.114. The van der Waals surface area contributed by atoms with Crippen molar-refractivity contribution in [2.24, 2.45) is 0 Å². The van der Waals surface area contributed by atoms with Crippen LogP contribution in [0.15, 0.2) is 54.7 Å².